The molecule has 2 N–H and O–H groups in total. The van der Waals surface area contributed by atoms with Crippen LogP contribution < -0.4 is 10.5 Å². The monoisotopic (exact) mass is 199 g/mol. The maximum atomic E-state index is 12.0. The molecule has 2 rings (SSSR count). The van der Waals surface area contributed by atoms with E-state index in [1.807, 2.05) is 0 Å². The van der Waals surface area contributed by atoms with Gasteiger partial charge in [0.15, 0.2) is 0 Å². The van der Waals surface area contributed by atoms with Crippen molar-refractivity contribution in [2.75, 3.05) is 0 Å². The highest BCUT2D eigenvalue weighted by Crippen LogP contribution is 2.43. The van der Waals surface area contributed by atoms with Crippen molar-refractivity contribution in [1.29, 1.82) is 0 Å². The summed E-state index contributed by atoms with van der Waals surface area (Å²) in [6, 6.07) is 6.91. The summed E-state index contributed by atoms with van der Waals surface area (Å²) in [6.07, 6.45) is 0.851. The maximum Gasteiger partial charge on any atom is 0.387 e. The van der Waals surface area contributed by atoms with E-state index in [4.69, 9.17) is 5.73 Å². The topological polar surface area (TPSA) is 35.2 Å². The predicted molar refractivity (Wildman–Crippen MR) is 48.4 cm³/mol. The highest BCUT2D eigenvalue weighted by molar-refractivity contribution is 5.40. The highest BCUT2D eigenvalue weighted by atomic mass is 19.3. The van der Waals surface area contributed by atoms with Crippen molar-refractivity contribution in [3.05, 3.63) is 29.8 Å². The fourth-order valence-corrected chi connectivity index (χ4v) is 1.56. The third-order valence-electron chi connectivity index (χ3n) is 2.37. The zero-order chi connectivity index (χ0) is 10.1. The number of nitrogens with two attached hydrogens (primary N) is 1. The molecule has 1 aliphatic carbocycles. The average molecular weight is 199 g/mol. The number of ether oxygens (including phenoxy) is 1. The Hall–Kier alpha value is -1.16. The SMILES string of the molecule is N[C@H]1C[C@@H]1c1ccccc1OC(F)F. The van der Waals surface area contributed by atoms with Gasteiger partial charge in [-0.05, 0) is 18.1 Å². The molecule has 0 amide bonds. The zero-order valence-electron chi connectivity index (χ0n) is 7.49. The lowest BCUT2D eigenvalue weighted by Gasteiger charge is -2.09. The van der Waals surface area contributed by atoms with Crippen molar-refractivity contribution < 1.29 is 13.5 Å². The lowest BCUT2D eigenvalue weighted by molar-refractivity contribution is -0.0504. The van der Waals surface area contributed by atoms with Crippen LogP contribution in [0.2, 0.25) is 0 Å². The van der Waals surface area contributed by atoms with Gasteiger partial charge in [-0.25, -0.2) is 0 Å². The predicted octanol–water partition coefficient (Wildman–Crippen LogP) is 2.10. The van der Waals surface area contributed by atoms with Crippen LogP contribution in [0.15, 0.2) is 24.3 Å². The molecule has 0 radical (unpaired) electrons. The molecule has 76 valence electrons. The first-order valence-electron chi connectivity index (χ1n) is 4.48. The number of rotatable bonds is 3. The van der Waals surface area contributed by atoms with Crippen LogP contribution in [0.4, 0.5) is 8.78 Å². The minimum atomic E-state index is -2.77. The molecule has 2 atom stereocenters. The zero-order valence-corrected chi connectivity index (χ0v) is 7.49. The van der Waals surface area contributed by atoms with E-state index in [9.17, 15) is 8.78 Å². The molecule has 2 nitrogen and oxygen atoms in total. The fourth-order valence-electron chi connectivity index (χ4n) is 1.56. The summed E-state index contributed by atoms with van der Waals surface area (Å²) in [6.45, 7) is -2.77. The Labute approximate surface area is 80.7 Å². The molecule has 0 unspecified atom stereocenters. The van der Waals surface area contributed by atoms with Gasteiger partial charge in [0.05, 0.1) is 0 Å². The van der Waals surface area contributed by atoms with Gasteiger partial charge < -0.3 is 10.5 Å². The molecule has 1 aromatic rings. The van der Waals surface area contributed by atoms with Gasteiger partial charge in [-0.15, -0.1) is 0 Å². The van der Waals surface area contributed by atoms with Crippen LogP contribution in [-0.4, -0.2) is 12.7 Å². The molecule has 0 bridgehead atoms. The second kappa shape index (κ2) is 3.53. The number of alkyl halides is 2. The van der Waals surface area contributed by atoms with Crippen LogP contribution in [0.5, 0.6) is 5.75 Å². The molecule has 0 spiro atoms. The molecule has 1 saturated carbocycles. The quantitative estimate of drug-likeness (QED) is 0.809. The molecule has 0 aromatic heterocycles. The summed E-state index contributed by atoms with van der Waals surface area (Å²) in [5.41, 5.74) is 6.45. The van der Waals surface area contributed by atoms with Gasteiger partial charge >= 0.3 is 6.61 Å². The molecule has 0 heterocycles. The third-order valence-corrected chi connectivity index (χ3v) is 2.37. The van der Waals surface area contributed by atoms with E-state index >= 15 is 0 Å². The number of hydrogen-bond acceptors (Lipinski definition) is 2. The first-order chi connectivity index (χ1) is 6.68. The summed E-state index contributed by atoms with van der Waals surface area (Å²) in [7, 11) is 0. The standard InChI is InChI=1S/C10H11F2NO/c11-10(12)14-9-4-2-1-3-6(9)7-5-8(7)13/h1-4,7-8,10H,5,13H2/t7-,8+/m1/s1. The van der Waals surface area contributed by atoms with Crippen molar-refractivity contribution >= 4 is 0 Å². The van der Waals surface area contributed by atoms with Crippen LogP contribution in [0.25, 0.3) is 0 Å². The van der Waals surface area contributed by atoms with E-state index in [1.165, 1.54) is 0 Å². The summed E-state index contributed by atoms with van der Waals surface area (Å²) in [4.78, 5) is 0. The Bertz CT molecular complexity index is 330. The molecule has 4 heteroatoms. The lowest BCUT2D eigenvalue weighted by atomic mass is 10.1. The van der Waals surface area contributed by atoms with Gasteiger partial charge in [0.2, 0.25) is 0 Å². The first-order valence-corrected chi connectivity index (χ1v) is 4.48. The Balaban J connectivity index is 2.20. The van der Waals surface area contributed by atoms with Crippen molar-refractivity contribution in [2.24, 2.45) is 5.73 Å². The Morgan fingerprint density at radius 2 is 2.00 bits per heavy atom. The molecule has 14 heavy (non-hydrogen) atoms. The molecular weight excluding hydrogens is 188 g/mol. The van der Waals surface area contributed by atoms with E-state index in [0.717, 1.165) is 12.0 Å². The average Bonchev–Trinajstić information content (AvgIpc) is 2.82. The minimum Gasteiger partial charge on any atom is -0.435 e. The van der Waals surface area contributed by atoms with E-state index < -0.39 is 6.61 Å². The van der Waals surface area contributed by atoms with Crippen LogP contribution in [-0.2, 0) is 0 Å². The highest BCUT2D eigenvalue weighted by Gasteiger charge is 2.37. The number of halogens is 2. The van der Waals surface area contributed by atoms with E-state index in [1.54, 1.807) is 24.3 Å². The van der Waals surface area contributed by atoms with Crippen molar-refractivity contribution in [2.45, 2.75) is 25.0 Å². The van der Waals surface area contributed by atoms with Crippen LogP contribution in [0.3, 0.4) is 0 Å². The van der Waals surface area contributed by atoms with Crippen LogP contribution >= 0.6 is 0 Å². The molecule has 0 saturated heterocycles. The fraction of sp³-hybridized carbons (Fsp3) is 0.400. The lowest BCUT2D eigenvalue weighted by Crippen LogP contribution is -2.06. The van der Waals surface area contributed by atoms with Gasteiger partial charge in [-0.2, -0.15) is 8.78 Å². The van der Waals surface area contributed by atoms with E-state index in [0.29, 0.717) is 0 Å². The Kier molecular flexibility index (Phi) is 2.37. The van der Waals surface area contributed by atoms with Gasteiger partial charge in [0, 0.05) is 12.0 Å². The smallest absolute Gasteiger partial charge is 0.387 e. The first kappa shape index (κ1) is 9.40. The van der Waals surface area contributed by atoms with E-state index in [-0.39, 0.29) is 17.7 Å². The minimum absolute atomic E-state index is 0.0948. The second-order valence-electron chi connectivity index (χ2n) is 3.42. The molecule has 1 fully saturated rings. The molecule has 0 aliphatic heterocycles. The van der Waals surface area contributed by atoms with Crippen LogP contribution in [0, 0.1) is 0 Å². The van der Waals surface area contributed by atoms with Crippen molar-refractivity contribution in [3.8, 4) is 5.75 Å². The van der Waals surface area contributed by atoms with Gasteiger partial charge in [0.1, 0.15) is 5.75 Å². The normalized spacial score (nSPS) is 25.1. The summed E-state index contributed by atoms with van der Waals surface area (Å²) in [5.74, 6) is 0.436. The largest absolute Gasteiger partial charge is 0.435 e. The second-order valence-corrected chi connectivity index (χ2v) is 3.42. The third kappa shape index (κ3) is 1.85. The number of hydrogen-bond donors (Lipinski definition) is 1. The van der Waals surface area contributed by atoms with Crippen molar-refractivity contribution in [1.82, 2.24) is 0 Å². The number of benzene rings is 1. The van der Waals surface area contributed by atoms with Gasteiger partial charge in [-0.1, -0.05) is 18.2 Å². The summed E-state index contributed by atoms with van der Waals surface area (Å²) < 4.78 is 28.5. The molecular formula is C10H11F2NO. The Morgan fingerprint density at radius 3 is 2.57 bits per heavy atom. The number of para-hydroxylation sites is 1. The maximum absolute atomic E-state index is 12.0. The Morgan fingerprint density at radius 1 is 1.36 bits per heavy atom. The van der Waals surface area contributed by atoms with Crippen molar-refractivity contribution in [3.63, 3.8) is 0 Å². The molecule has 1 aliphatic rings. The van der Waals surface area contributed by atoms with E-state index in [2.05, 4.69) is 4.74 Å². The van der Waals surface area contributed by atoms with Gasteiger partial charge in [-0.3, -0.25) is 0 Å². The summed E-state index contributed by atoms with van der Waals surface area (Å²) >= 11 is 0. The summed E-state index contributed by atoms with van der Waals surface area (Å²) in [5, 5.41) is 0. The van der Waals surface area contributed by atoms with Crippen LogP contribution in [0.1, 0.15) is 17.9 Å². The van der Waals surface area contributed by atoms with Gasteiger partial charge in [0.25, 0.3) is 0 Å². The molecule has 1 aromatic carbocycles.